The van der Waals surface area contributed by atoms with Crippen molar-refractivity contribution in [3.63, 3.8) is 0 Å². The quantitative estimate of drug-likeness (QED) is 0.874. The molecule has 2 aromatic heterocycles. The Bertz CT molecular complexity index is 765. The fourth-order valence-electron chi connectivity index (χ4n) is 3.38. The summed E-state index contributed by atoms with van der Waals surface area (Å²) in [6.07, 6.45) is 1.17. The Labute approximate surface area is 147 Å². The summed E-state index contributed by atoms with van der Waals surface area (Å²) in [6, 6.07) is 0. The molecule has 25 heavy (non-hydrogen) atoms. The average Bonchev–Trinajstić information content (AvgIpc) is 3.24. The van der Waals surface area contributed by atoms with E-state index in [0.29, 0.717) is 19.6 Å². The monoisotopic (exact) mass is 346 g/mol. The van der Waals surface area contributed by atoms with E-state index in [-0.39, 0.29) is 17.9 Å². The van der Waals surface area contributed by atoms with E-state index < -0.39 is 0 Å². The molecule has 0 saturated carbocycles. The first-order valence-electron chi connectivity index (χ1n) is 8.60. The summed E-state index contributed by atoms with van der Waals surface area (Å²) in [4.78, 5) is 18.8. The van der Waals surface area contributed by atoms with Gasteiger partial charge in [0.25, 0.3) is 0 Å². The molecule has 1 saturated heterocycles. The van der Waals surface area contributed by atoms with Crippen LogP contribution in [-0.4, -0.2) is 62.1 Å². The van der Waals surface area contributed by atoms with Crippen LogP contribution < -0.4 is 0 Å². The molecule has 0 spiro atoms. The van der Waals surface area contributed by atoms with E-state index in [1.165, 1.54) is 0 Å². The number of rotatable bonds is 5. The van der Waals surface area contributed by atoms with Crippen LogP contribution in [0.25, 0.3) is 0 Å². The fourth-order valence-corrected chi connectivity index (χ4v) is 3.38. The number of amides is 1. The highest BCUT2D eigenvalue weighted by molar-refractivity contribution is 5.79. The van der Waals surface area contributed by atoms with Crippen molar-refractivity contribution in [2.24, 2.45) is 7.05 Å². The number of likely N-dealkylation sites (N-methyl/N-ethyl adjacent to an activating group) is 1. The zero-order valence-corrected chi connectivity index (χ0v) is 15.5. The van der Waals surface area contributed by atoms with Crippen molar-refractivity contribution < 1.29 is 9.53 Å². The average molecular weight is 346 g/mol. The summed E-state index contributed by atoms with van der Waals surface area (Å²) in [5, 5.41) is 11.5. The molecule has 0 aromatic carbocycles. The van der Waals surface area contributed by atoms with Gasteiger partial charge in [-0.15, -0.1) is 0 Å². The Hall–Kier alpha value is -2.22. The number of ether oxygens (including phenoxy) is 1. The summed E-state index contributed by atoms with van der Waals surface area (Å²) in [7, 11) is 3.72. The number of carbonyl (C=O) groups is 1. The van der Waals surface area contributed by atoms with Gasteiger partial charge < -0.3 is 9.64 Å². The zero-order chi connectivity index (χ0) is 18.1. The van der Waals surface area contributed by atoms with Crippen molar-refractivity contribution in [3.8, 4) is 0 Å². The molecule has 136 valence electrons. The van der Waals surface area contributed by atoms with Crippen LogP contribution in [0.4, 0.5) is 0 Å². The number of aryl methyl sites for hydroxylation is 3. The third-order valence-corrected chi connectivity index (χ3v) is 5.02. The van der Waals surface area contributed by atoms with E-state index >= 15 is 0 Å². The molecule has 1 N–H and O–H groups in total. The first-order valence-corrected chi connectivity index (χ1v) is 8.60. The first-order chi connectivity index (χ1) is 11.9. The molecule has 2 aromatic rings. The Balaban J connectivity index is 1.64. The number of hydrogen-bond acceptors (Lipinski definition) is 5. The minimum Gasteiger partial charge on any atom is -0.376 e. The van der Waals surface area contributed by atoms with Crippen LogP contribution in [0, 0.1) is 20.8 Å². The lowest BCUT2D eigenvalue weighted by Gasteiger charge is -2.24. The summed E-state index contributed by atoms with van der Waals surface area (Å²) in [5.74, 6) is 1.77. The van der Waals surface area contributed by atoms with Crippen LogP contribution in [0.15, 0.2) is 0 Å². The third kappa shape index (κ3) is 3.58. The number of aromatic amines is 1. The second-order valence-corrected chi connectivity index (χ2v) is 6.81. The maximum atomic E-state index is 12.7. The topological polar surface area (TPSA) is 88.9 Å². The van der Waals surface area contributed by atoms with E-state index in [4.69, 9.17) is 4.74 Å². The SMILES string of the molecule is Cc1nc([C@@H]2CCO[C@@H]2CN(C)C(=O)Cc2c(C)nn(C)c2C)n[nH]1. The molecule has 8 nitrogen and oxygen atoms in total. The van der Waals surface area contributed by atoms with Gasteiger partial charge in [0.05, 0.1) is 24.1 Å². The highest BCUT2D eigenvalue weighted by atomic mass is 16.5. The highest BCUT2D eigenvalue weighted by Crippen LogP contribution is 2.29. The van der Waals surface area contributed by atoms with Crippen LogP contribution in [0.1, 0.15) is 40.9 Å². The van der Waals surface area contributed by atoms with Crippen LogP contribution in [0.2, 0.25) is 0 Å². The third-order valence-electron chi connectivity index (χ3n) is 5.02. The molecule has 3 rings (SSSR count). The molecule has 8 heteroatoms. The molecular formula is C17H26N6O2. The predicted octanol–water partition coefficient (Wildman–Crippen LogP) is 1.04. The molecule has 0 bridgehead atoms. The zero-order valence-electron chi connectivity index (χ0n) is 15.5. The maximum absolute atomic E-state index is 12.7. The first kappa shape index (κ1) is 17.6. The molecular weight excluding hydrogens is 320 g/mol. The molecule has 0 aliphatic carbocycles. The van der Waals surface area contributed by atoms with Crippen LogP contribution in [-0.2, 0) is 23.0 Å². The van der Waals surface area contributed by atoms with Crippen LogP contribution >= 0.6 is 0 Å². The molecule has 1 aliphatic rings. The van der Waals surface area contributed by atoms with E-state index in [9.17, 15) is 4.79 Å². The summed E-state index contributed by atoms with van der Waals surface area (Å²) >= 11 is 0. The lowest BCUT2D eigenvalue weighted by atomic mass is 10.00. The molecule has 3 heterocycles. The van der Waals surface area contributed by atoms with Crippen LogP contribution in [0.3, 0.4) is 0 Å². The van der Waals surface area contributed by atoms with Crippen LogP contribution in [0.5, 0.6) is 0 Å². The van der Waals surface area contributed by atoms with Crippen molar-refractivity contribution >= 4 is 5.91 Å². The second kappa shape index (κ2) is 6.95. The van der Waals surface area contributed by atoms with Gasteiger partial charge in [0, 0.05) is 38.5 Å². The largest absolute Gasteiger partial charge is 0.376 e. The molecule has 1 fully saturated rings. The maximum Gasteiger partial charge on any atom is 0.226 e. The Kier molecular flexibility index (Phi) is 4.89. The van der Waals surface area contributed by atoms with Crippen molar-refractivity contribution in [3.05, 3.63) is 28.6 Å². The number of aromatic nitrogens is 5. The Morgan fingerprint density at radius 3 is 2.76 bits per heavy atom. The van der Waals surface area contributed by atoms with E-state index in [0.717, 1.165) is 35.0 Å². The number of carbonyl (C=O) groups excluding carboxylic acids is 1. The summed E-state index contributed by atoms with van der Waals surface area (Å²) < 4.78 is 7.67. The molecule has 1 amide bonds. The van der Waals surface area contributed by atoms with E-state index in [1.807, 2.05) is 39.5 Å². The minimum atomic E-state index is -0.0692. The van der Waals surface area contributed by atoms with Crippen molar-refractivity contribution in [2.75, 3.05) is 20.2 Å². The number of nitrogens with one attached hydrogen (secondary N) is 1. The normalized spacial score (nSPS) is 20.2. The van der Waals surface area contributed by atoms with Gasteiger partial charge in [-0.05, 0) is 27.2 Å². The Morgan fingerprint density at radius 1 is 1.40 bits per heavy atom. The van der Waals surface area contributed by atoms with Crippen molar-refractivity contribution in [1.29, 1.82) is 0 Å². The van der Waals surface area contributed by atoms with Gasteiger partial charge in [0.1, 0.15) is 5.82 Å². The number of nitrogens with zero attached hydrogens (tertiary/aromatic N) is 5. The lowest BCUT2D eigenvalue weighted by Crippen LogP contribution is -2.37. The van der Waals surface area contributed by atoms with Gasteiger partial charge in [0.2, 0.25) is 5.91 Å². The van der Waals surface area contributed by atoms with Gasteiger partial charge in [-0.2, -0.15) is 10.2 Å². The molecule has 1 aliphatic heterocycles. The van der Waals surface area contributed by atoms with E-state index in [1.54, 1.807) is 4.90 Å². The van der Waals surface area contributed by atoms with Gasteiger partial charge >= 0.3 is 0 Å². The van der Waals surface area contributed by atoms with Gasteiger partial charge in [-0.3, -0.25) is 14.6 Å². The Morgan fingerprint density at radius 2 is 2.16 bits per heavy atom. The fraction of sp³-hybridized carbons (Fsp3) is 0.647. The van der Waals surface area contributed by atoms with E-state index in [2.05, 4.69) is 20.3 Å². The smallest absolute Gasteiger partial charge is 0.226 e. The van der Waals surface area contributed by atoms with Gasteiger partial charge in [-0.1, -0.05) is 0 Å². The molecule has 0 unspecified atom stereocenters. The highest BCUT2D eigenvalue weighted by Gasteiger charge is 2.34. The predicted molar refractivity (Wildman–Crippen MR) is 92.2 cm³/mol. The van der Waals surface area contributed by atoms with Gasteiger partial charge in [0.15, 0.2) is 5.82 Å². The summed E-state index contributed by atoms with van der Waals surface area (Å²) in [6.45, 7) is 7.03. The number of H-pyrrole nitrogens is 1. The molecule has 2 atom stereocenters. The lowest BCUT2D eigenvalue weighted by molar-refractivity contribution is -0.130. The standard InChI is InChI=1S/C17H26N6O2/c1-10-14(11(2)23(5)21-10)8-16(24)22(4)9-15-13(6-7-25-15)17-18-12(3)19-20-17/h13,15H,6-9H2,1-5H3,(H,18,19,20)/t13-,15-/m1/s1. The van der Waals surface area contributed by atoms with Gasteiger partial charge in [-0.25, -0.2) is 4.98 Å². The van der Waals surface area contributed by atoms with Crippen molar-refractivity contribution in [2.45, 2.75) is 45.6 Å². The van der Waals surface area contributed by atoms with Crippen molar-refractivity contribution in [1.82, 2.24) is 29.9 Å². The number of hydrogen-bond donors (Lipinski definition) is 1. The minimum absolute atomic E-state index is 0.0691. The summed E-state index contributed by atoms with van der Waals surface area (Å²) in [5.41, 5.74) is 2.95. The molecule has 0 radical (unpaired) electrons. The second-order valence-electron chi connectivity index (χ2n) is 6.81.